The van der Waals surface area contributed by atoms with Gasteiger partial charge in [-0.1, -0.05) is 18.2 Å². The quantitative estimate of drug-likeness (QED) is 0.750. The van der Waals surface area contributed by atoms with E-state index in [-0.39, 0.29) is 0 Å². The molecule has 1 atom stereocenters. The molecule has 26 heavy (non-hydrogen) atoms. The van der Waals surface area contributed by atoms with Gasteiger partial charge in [0.05, 0.1) is 18.3 Å². The highest BCUT2D eigenvalue weighted by Crippen LogP contribution is 2.56. The molecule has 0 bridgehead atoms. The number of thiazole rings is 1. The molecule has 2 aromatic heterocycles. The fourth-order valence-corrected chi connectivity index (χ4v) is 5.38. The van der Waals surface area contributed by atoms with E-state index in [1.165, 1.54) is 53.8 Å². The first-order valence-electron chi connectivity index (χ1n) is 9.45. The number of aromatic amines is 1. The molecule has 2 fully saturated rings. The van der Waals surface area contributed by atoms with E-state index in [2.05, 4.69) is 55.6 Å². The highest BCUT2D eigenvalue weighted by molar-refractivity contribution is 7.09. The SMILES string of the molecule is CN(Cc1nccs1)C1CC12CCN(Cc1cccc3cn[nH]c13)CC2. The van der Waals surface area contributed by atoms with E-state index in [1.807, 2.05) is 12.4 Å². The predicted molar refractivity (Wildman–Crippen MR) is 105 cm³/mol. The third-order valence-electron chi connectivity index (χ3n) is 6.36. The van der Waals surface area contributed by atoms with Crippen molar-refractivity contribution in [1.29, 1.82) is 0 Å². The number of nitrogens with zero attached hydrogens (tertiary/aromatic N) is 4. The number of benzene rings is 1. The zero-order valence-corrected chi connectivity index (χ0v) is 16.0. The topological polar surface area (TPSA) is 48.1 Å². The lowest BCUT2D eigenvalue weighted by molar-refractivity contribution is 0.140. The van der Waals surface area contributed by atoms with Gasteiger partial charge in [0.1, 0.15) is 5.01 Å². The van der Waals surface area contributed by atoms with Gasteiger partial charge in [-0.25, -0.2) is 4.98 Å². The predicted octanol–water partition coefficient (Wildman–Crippen LogP) is 3.51. The third-order valence-corrected chi connectivity index (χ3v) is 7.12. The van der Waals surface area contributed by atoms with Gasteiger partial charge in [-0.3, -0.25) is 14.9 Å². The maximum Gasteiger partial charge on any atom is 0.107 e. The number of piperidine rings is 1. The minimum Gasteiger partial charge on any atom is -0.299 e. The molecule has 1 spiro atoms. The molecule has 1 aromatic carbocycles. The fourth-order valence-electron chi connectivity index (χ4n) is 4.70. The summed E-state index contributed by atoms with van der Waals surface area (Å²) in [5.41, 5.74) is 3.12. The van der Waals surface area contributed by atoms with Crippen LogP contribution in [0.1, 0.15) is 29.8 Å². The maximum atomic E-state index is 4.44. The van der Waals surface area contributed by atoms with Crippen molar-refractivity contribution in [1.82, 2.24) is 25.0 Å². The molecule has 0 amide bonds. The van der Waals surface area contributed by atoms with E-state index in [0.717, 1.165) is 19.1 Å². The highest BCUT2D eigenvalue weighted by atomic mass is 32.1. The molecule has 1 saturated carbocycles. The number of likely N-dealkylation sites (tertiary alicyclic amines) is 1. The van der Waals surface area contributed by atoms with Gasteiger partial charge in [0.15, 0.2) is 0 Å². The van der Waals surface area contributed by atoms with Gasteiger partial charge in [-0.05, 0) is 50.4 Å². The molecule has 136 valence electrons. The maximum absolute atomic E-state index is 4.44. The van der Waals surface area contributed by atoms with Gasteiger partial charge in [0.25, 0.3) is 0 Å². The fraction of sp³-hybridized carbons (Fsp3) is 0.500. The van der Waals surface area contributed by atoms with Crippen molar-refractivity contribution in [3.05, 3.63) is 46.5 Å². The van der Waals surface area contributed by atoms with Crippen LogP contribution in [-0.2, 0) is 13.1 Å². The van der Waals surface area contributed by atoms with E-state index in [9.17, 15) is 0 Å². The van der Waals surface area contributed by atoms with Crippen LogP contribution in [0.3, 0.4) is 0 Å². The summed E-state index contributed by atoms with van der Waals surface area (Å²) in [5, 5.41) is 11.9. The Balaban J connectivity index is 1.19. The number of fused-ring (bicyclic) bond motifs is 1. The van der Waals surface area contributed by atoms with E-state index in [4.69, 9.17) is 0 Å². The van der Waals surface area contributed by atoms with Crippen LogP contribution in [0, 0.1) is 5.41 Å². The molecule has 0 radical (unpaired) electrons. The van der Waals surface area contributed by atoms with Crippen molar-refractivity contribution in [2.24, 2.45) is 5.41 Å². The summed E-state index contributed by atoms with van der Waals surface area (Å²) < 4.78 is 0. The minimum absolute atomic E-state index is 0.558. The molecule has 3 heterocycles. The highest BCUT2D eigenvalue weighted by Gasteiger charge is 2.56. The monoisotopic (exact) mass is 367 g/mol. The van der Waals surface area contributed by atoms with Crippen molar-refractivity contribution in [3.8, 4) is 0 Å². The first-order chi connectivity index (χ1) is 12.7. The van der Waals surface area contributed by atoms with Crippen LogP contribution < -0.4 is 0 Å². The molecule has 5 rings (SSSR count). The molecule has 3 aromatic rings. The summed E-state index contributed by atoms with van der Waals surface area (Å²) in [4.78, 5) is 9.58. The van der Waals surface area contributed by atoms with Gasteiger partial charge >= 0.3 is 0 Å². The molecule has 1 N–H and O–H groups in total. The van der Waals surface area contributed by atoms with Crippen LogP contribution in [0.5, 0.6) is 0 Å². The van der Waals surface area contributed by atoms with E-state index in [1.54, 1.807) is 11.3 Å². The molecule has 2 aliphatic rings. The third kappa shape index (κ3) is 2.96. The van der Waals surface area contributed by atoms with Crippen molar-refractivity contribution >= 4 is 22.2 Å². The van der Waals surface area contributed by atoms with Gasteiger partial charge in [-0.15, -0.1) is 11.3 Å². The van der Waals surface area contributed by atoms with Crippen molar-refractivity contribution in [3.63, 3.8) is 0 Å². The Bertz CT molecular complexity index is 879. The minimum atomic E-state index is 0.558. The number of hydrogen-bond acceptors (Lipinski definition) is 5. The molecule has 1 unspecified atom stereocenters. The normalized spacial score (nSPS) is 22.5. The van der Waals surface area contributed by atoms with Crippen LogP contribution >= 0.6 is 11.3 Å². The summed E-state index contributed by atoms with van der Waals surface area (Å²) in [6.45, 7) is 4.42. The first-order valence-corrected chi connectivity index (χ1v) is 10.3. The molecular formula is C20H25N5S. The van der Waals surface area contributed by atoms with Crippen LogP contribution in [0.4, 0.5) is 0 Å². The van der Waals surface area contributed by atoms with Gasteiger partial charge in [-0.2, -0.15) is 5.10 Å². The summed E-state index contributed by atoms with van der Waals surface area (Å²) in [7, 11) is 2.27. The van der Waals surface area contributed by atoms with Crippen molar-refractivity contribution < 1.29 is 0 Å². The second-order valence-corrected chi connectivity index (χ2v) is 8.93. The average molecular weight is 368 g/mol. The summed E-state index contributed by atoms with van der Waals surface area (Å²) in [6, 6.07) is 7.24. The summed E-state index contributed by atoms with van der Waals surface area (Å²) >= 11 is 1.77. The van der Waals surface area contributed by atoms with E-state index < -0.39 is 0 Å². The van der Waals surface area contributed by atoms with Crippen LogP contribution in [0.2, 0.25) is 0 Å². The van der Waals surface area contributed by atoms with Crippen LogP contribution in [-0.4, -0.2) is 51.2 Å². The zero-order valence-electron chi connectivity index (χ0n) is 15.2. The lowest BCUT2D eigenvalue weighted by Crippen LogP contribution is -2.37. The lowest BCUT2D eigenvalue weighted by Gasteiger charge is -2.34. The van der Waals surface area contributed by atoms with Crippen molar-refractivity contribution in [2.45, 2.75) is 38.4 Å². The number of rotatable bonds is 5. The van der Waals surface area contributed by atoms with Crippen LogP contribution in [0.25, 0.3) is 10.9 Å². The number of aromatic nitrogens is 3. The van der Waals surface area contributed by atoms with Gasteiger partial charge < -0.3 is 0 Å². The Kier molecular flexibility index (Phi) is 4.07. The van der Waals surface area contributed by atoms with Crippen molar-refractivity contribution in [2.75, 3.05) is 20.1 Å². The Morgan fingerprint density at radius 2 is 2.23 bits per heavy atom. The lowest BCUT2D eigenvalue weighted by atomic mass is 9.92. The second kappa shape index (κ2) is 6.44. The smallest absolute Gasteiger partial charge is 0.107 e. The Hall–Kier alpha value is -1.76. The number of nitrogens with one attached hydrogen (secondary N) is 1. The molecule has 6 heteroatoms. The Morgan fingerprint density at radius 3 is 3.04 bits per heavy atom. The Morgan fingerprint density at radius 1 is 1.35 bits per heavy atom. The van der Waals surface area contributed by atoms with Gasteiger partial charge in [0, 0.05) is 29.5 Å². The van der Waals surface area contributed by atoms with Gasteiger partial charge in [0.2, 0.25) is 0 Å². The average Bonchev–Trinajstić information content (AvgIpc) is 3.03. The van der Waals surface area contributed by atoms with E-state index in [0.29, 0.717) is 5.41 Å². The number of hydrogen-bond donors (Lipinski definition) is 1. The molecule has 1 aliphatic heterocycles. The molecule has 1 saturated heterocycles. The number of H-pyrrole nitrogens is 1. The first kappa shape index (κ1) is 16.4. The summed E-state index contributed by atoms with van der Waals surface area (Å²) in [6.07, 6.45) is 7.82. The van der Waals surface area contributed by atoms with Crippen LogP contribution in [0.15, 0.2) is 36.0 Å². The van der Waals surface area contributed by atoms with E-state index >= 15 is 0 Å². The molecular weight excluding hydrogens is 342 g/mol. The molecule has 1 aliphatic carbocycles. The zero-order chi connectivity index (χ0) is 17.6. The second-order valence-electron chi connectivity index (χ2n) is 7.95. The standard InChI is InChI=1S/C20H25N5S/c1-24(14-18-21-7-10-26-18)17-11-20(17)5-8-25(9-6-20)13-16-4-2-3-15-12-22-23-19(15)16/h2-4,7,10,12,17H,5-6,8-9,11,13-14H2,1H3,(H,22,23). The number of para-hydroxylation sites is 1. The summed E-state index contributed by atoms with van der Waals surface area (Å²) in [5.74, 6) is 0. The molecule has 5 nitrogen and oxygen atoms in total. The largest absolute Gasteiger partial charge is 0.299 e. The Labute approximate surface area is 158 Å².